The number of hydrogen-bond acceptors (Lipinski definition) is 5. The van der Waals surface area contributed by atoms with Crippen molar-refractivity contribution in [2.45, 2.75) is 32.7 Å². The molecule has 8 heteroatoms. The average molecular weight is 413 g/mol. The average Bonchev–Trinajstić information content (AvgIpc) is 3.23. The molecule has 2 fully saturated rings. The number of rotatable bonds is 6. The van der Waals surface area contributed by atoms with E-state index in [1.807, 2.05) is 16.8 Å². The van der Waals surface area contributed by atoms with Gasteiger partial charge in [0.15, 0.2) is 5.82 Å². The molecule has 0 unspecified atom stereocenters. The zero-order valence-electron chi connectivity index (χ0n) is 17.9. The second kappa shape index (κ2) is 7.81. The maximum atomic E-state index is 14.2. The molecule has 4 rings (SSSR count). The molecule has 2 aromatic rings. The summed E-state index contributed by atoms with van der Waals surface area (Å²) in [7, 11) is 3.60. The Morgan fingerprint density at radius 1 is 1.30 bits per heavy atom. The summed E-state index contributed by atoms with van der Waals surface area (Å²) in [4.78, 5) is 37.6. The number of pyridine rings is 1. The van der Waals surface area contributed by atoms with E-state index in [1.165, 1.54) is 22.9 Å². The number of likely N-dealkylation sites (tertiary alicyclic amines) is 1. The maximum Gasteiger partial charge on any atom is 0.255 e. The van der Waals surface area contributed by atoms with Crippen molar-refractivity contribution < 1.29 is 9.18 Å². The number of amides is 1. The van der Waals surface area contributed by atoms with Crippen LogP contribution in [0.1, 0.15) is 26.7 Å². The van der Waals surface area contributed by atoms with Crippen molar-refractivity contribution in [1.82, 2.24) is 19.4 Å². The number of piperidine rings is 1. The Kier molecular flexibility index (Phi) is 5.34. The van der Waals surface area contributed by atoms with Gasteiger partial charge in [0.2, 0.25) is 11.9 Å². The lowest BCUT2D eigenvalue weighted by molar-refractivity contribution is -0.135. The first-order chi connectivity index (χ1) is 14.4. The SMILES string of the molecule is CCC(CC)C(=O)N1C[C@@H]2[C@H](C1)[C@H]2N(C)c1nc(-c2ccncc2F)cc(=O)n1C. The molecule has 1 amide bonds. The second-order valence-electron chi connectivity index (χ2n) is 8.38. The summed E-state index contributed by atoms with van der Waals surface area (Å²) >= 11 is 0. The molecule has 2 aromatic heterocycles. The lowest BCUT2D eigenvalue weighted by Gasteiger charge is -2.28. The lowest BCUT2D eigenvalue weighted by Crippen LogP contribution is -2.40. The van der Waals surface area contributed by atoms with Crippen molar-refractivity contribution in [3.05, 3.63) is 40.7 Å². The van der Waals surface area contributed by atoms with E-state index in [9.17, 15) is 14.0 Å². The predicted octanol–water partition coefficient (Wildman–Crippen LogP) is 2.31. The third-order valence-corrected chi connectivity index (χ3v) is 6.72. The fourth-order valence-corrected chi connectivity index (χ4v) is 4.84. The Bertz CT molecular complexity index is 1010. The highest BCUT2D eigenvalue weighted by atomic mass is 19.1. The molecular weight excluding hydrogens is 385 g/mol. The molecule has 1 saturated carbocycles. The number of aromatic nitrogens is 3. The Labute approximate surface area is 175 Å². The van der Waals surface area contributed by atoms with Gasteiger partial charge in [0.25, 0.3) is 5.56 Å². The van der Waals surface area contributed by atoms with Crippen molar-refractivity contribution in [2.75, 3.05) is 25.0 Å². The predicted molar refractivity (Wildman–Crippen MR) is 112 cm³/mol. The molecule has 7 nitrogen and oxygen atoms in total. The van der Waals surface area contributed by atoms with Crippen LogP contribution >= 0.6 is 0 Å². The van der Waals surface area contributed by atoms with E-state index in [1.54, 1.807) is 7.05 Å². The van der Waals surface area contributed by atoms with Gasteiger partial charge in [-0.2, -0.15) is 0 Å². The first kappa shape index (κ1) is 20.5. The van der Waals surface area contributed by atoms with Crippen LogP contribution in [0.25, 0.3) is 11.3 Å². The van der Waals surface area contributed by atoms with Crippen LogP contribution < -0.4 is 10.5 Å². The minimum Gasteiger partial charge on any atom is -0.342 e. The summed E-state index contributed by atoms with van der Waals surface area (Å²) in [5, 5.41) is 0. The Hall–Kier alpha value is -2.77. The van der Waals surface area contributed by atoms with Crippen molar-refractivity contribution in [2.24, 2.45) is 24.8 Å². The number of halogens is 1. The molecule has 30 heavy (non-hydrogen) atoms. The zero-order chi connectivity index (χ0) is 21.6. The van der Waals surface area contributed by atoms with Gasteiger partial charge in [0.1, 0.15) is 0 Å². The summed E-state index contributed by atoms with van der Waals surface area (Å²) in [6, 6.07) is 3.10. The zero-order valence-corrected chi connectivity index (χ0v) is 17.9. The quantitative estimate of drug-likeness (QED) is 0.727. The van der Waals surface area contributed by atoms with E-state index in [0.29, 0.717) is 23.5 Å². The Morgan fingerprint density at radius 2 is 1.97 bits per heavy atom. The van der Waals surface area contributed by atoms with E-state index in [-0.39, 0.29) is 29.0 Å². The van der Waals surface area contributed by atoms with Gasteiger partial charge in [-0.25, -0.2) is 9.37 Å². The highest BCUT2D eigenvalue weighted by Gasteiger charge is 2.59. The minimum atomic E-state index is -0.509. The van der Waals surface area contributed by atoms with Gasteiger partial charge in [-0.15, -0.1) is 0 Å². The molecule has 2 aliphatic rings. The molecule has 3 heterocycles. The summed E-state index contributed by atoms with van der Waals surface area (Å²) in [6.07, 6.45) is 4.34. The van der Waals surface area contributed by atoms with E-state index in [0.717, 1.165) is 32.1 Å². The third-order valence-electron chi connectivity index (χ3n) is 6.72. The van der Waals surface area contributed by atoms with E-state index < -0.39 is 5.82 Å². The molecule has 160 valence electrons. The molecule has 3 atom stereocenters. The lowest BCUT2D eigenvalue weighted by atomic mass is 10.0. The summed E-state index contributed by atoms with van der Waals surface area (Å²) in [5.74, 6) is 1.12. The second-order valence-corrected chi connectivity index (χ2v) is 8.38. The number of carbonyl (C=O) groups is 1. The van der Waals surface area contributed by atoms with Gasteiger partial charge in [0.05, 0.1) is 11.9 Å². The van der Waals surface area contributed by atoms with Crippen molar-refractivity contribution in [3.8, 4) is 11.3 Å². The molecule has 1 aliphatic heterocycles. The van der Waals surface area contributed by atoms with Gasteiger partial charge >= 0.3 is 0 Å². The van der Waals surface area contributed by atoms with Gasteiger partial charge < -0.3 is 9.80 Å². The third kappa shape index (κ3) is 3.38. The first-order valence-corrected chi connectivity index (χ1v) is 10.6. The van der Waals surface area contributed by atoms with Gasteiger partial charge in [-0.05, 0) is 18.9 Å². The highest BCUT2D eigenvalue weighted by molar-refractivity contribution is 5.79. The topological polar surface area (TPSA) is 71.3 Å². The van der Waals surface area contributed by atoms with Crippen LogP contribution in [0.4, 0.5) is 10.3 Å². The molecule has 0 N–H and O–H groups in total. The first-order valence-electron chi connectivity index (χ1n) is 10.6. The molecule has 1 aliphatic carbocycles. The van der Waals surface area contributed by atoms with Crippen LogP contribution in [0.15, 0.2) is 29.3 Å². The van der Waals surface area contributed by atoms with Crippen LogP contribution in [0, 0.1) is 23.6 Å². The number of fused-ring (bicyclic) bond motifs is 1. The number of nitrogens with zero attached hydrogens (tertiary/aromatic N) is 5. The molecule has 0 spiro atoms. The summed E-state index contributed by atoms with van der Waals surface area (Å²) < 4.78 is 15.7. The standard InChI is InChI=1S/C22H28FN5O2/c1-5-13(6-2)21(30)28-11-15-16(12-28)20(15)27(4)22-25-18(9-19(29)26(22)3)14-7-8-24-10-17(14)23/h7-10,13,15-16,20H,5-6,11-12H2,1-4H3/t15-,16+,20+. The molecule has 0 bridgehead atoms. The Balaban J connectivity index is 1.54. The summed E-state index contributed by atoms with van der Waals surface area (Å²) in [5.41, 5.74) is 0.320. The van der Waals surface area contributed by atoms with E-state index in [4.69, 9.17) is 0 Å². The smallest absolute Gasteiger partial charge is 0.255 e. The molecule has 1 saturated heterocycles. The fraction of sp³-hybridized carbons (Fsp3) is 0.545. The fourth-order valence-electron chi connectivity index (χ4n) is 4.84. The van der Waals surface area contributed by atoms with Crippen molar-refractivity contribution in [1.29, 1.82) is 0 Å². The highest BCUT2D eigenvalue weighted by Crippen LogP contribution is 2.49. The Morgan fingerprint density at radius 3 is 2.57 bits per heavy atom. The number of hydrogen-bond donors (Lipinski definition) is 0. The van der Waals surface area contributed by atoms with Gasteiger partial charge in [-0.1, -0.05) is 13.8 Å². The normalized spacial score (nSPS) is 22.3. The van der Waals surface area contributed by atoms with Crippen LogP contribution in [0.3, 0.4) is 0 Å². The maximum absolute atomic E-state index is 14.2. The summed E-state index contributed by atoms with van der Waals surface area (Å²) in [6.45, 7) is 5.62. The number of carbonyl (C=O) groups excluding carboxylic acids is 1. The van der Waals surface area contributed by atoms with Gasteiger partial charge in [-0.3, -0.25) is 19.1 Å². The van der Waals surface area contributed by atoms with E-state index >= 15 is 0 Å². The van der Waals surface area contributed by atoms with Crippen molar-refractivity contribution >= 4 is 11.9 Å². The number of anilines is 1. The molecular formula is C22H28FN5O2. The van der Waals surface area contributed by atoms with Gasteiger partial charge in [0, 0.05) is 68.8 Å². The van der Waals surface area contributed by atoms with Crippen LogP contribution in [-0.4, -0.2) is 51.5 Å². The monoisotopic (exact) mass is 413 g/mol. The van der Waals surface area contributed by atoms with Crippen LogP contribution in [0.5, 0.6) is 0 Å². The largest absolute Gasteiger partial charge is 0.342 e. The van der Waals surface area contributed by atoms with E-state index in [2.05, 4.69) is 23.8 Å². The van der Waals surface area contributed by atoms with Crippen LogP contribution in [-0.2, 0) is 11.8 Å². The minimum absolute atomic E-state index is 0.105. The van der Waals surface area contributed by atoms with Crippen LogP contribution in [0.2, 0.25) is 0 Å². The molecule has 0 radical (unpaired) electrons. The molecule has 0 aromatic carbocycles. The van der Waals surface area contributed by atoms with Crippen molar-refractivity contribution in [3.63, 3.8) is 0 Å².